The van der Waals surface area contributed by atoms with Gasteiger partial charge in [0.1, 0.15) is 5.37 Å². The average Bonchev–Trinajstić information content (AvgIpc) is 3.16. The largest absolute Gasteiger partial charge is 0.304 e. The Morgan fingerprint density at radius 3 is 2.59 bits per heavy atom. The Labute approximate surface area is 136 Å². The summed E-state index contributed by atoms with van der Waals surface area (Å²) in [5, 5.41) is 9.57. The zero-order valence-electron chi connectivity index (χ0n) is 11.8. The second-order valence-electron chi connectivity index (χ2n) is 4.78. The molecule has 0 radical (unpaired) electrons. The van der Waals surface area contributed by atoms with E-state index in [1.54, 1.807) is 35.9 Å². The second kappa shape index (κ2) is 5.66. The minimum absolute atomic E-state index is 0.155. The van der Waals surface area contributed by atoms with Crippen LogP contribution in [0.1, 0.15) is 10.9 Å². The molecule has 0 aliphatic carbocycles. The lowest BCUT2D eigenvalue weighted by Gasteiger charge is -2.12. The van der Waals surface area contributed by atoms with Gasteiger partial charge in [0.2, 0.25) is 5.16 Å². The SMILES string of the molecule is CSc1ccc(C2Nn3c(nnc3-c3ccncc3)S2)cc1. The molecular weight excluding hydrogens is 314 g/mol. The Morgan fingerprint density at radius 1 is 1.09 bits per heavy atom. The first-order valence-electron chi connectivity index (χ1n) is 6.78. The third kappa shape index (κ3) is 2.36. The predicted octanol–water partition coefficient (Wildman–Crippen LogP) is 3.41. The fourth-order valence-electron chi connectivity index (χ4n) is 2.32. The summed E-state index contributed by atoms with van der Waals surface area (Å²) in [6.07, 6.45) is 5.61. The number of aromatic nitrogens is 4. The van der Waals surface area contributed by atoms with E-state index < -0.39 is 0 Å². The molecule has 3 heterocycles. The summed E-state index contributed by atoms with van der Waals surface area (Å²) in [4.78, 5) is 5.31. The Hall–Kier alpha value is -1.99. The van der Waals surface area contributed by atoms with Crippen molar-refractivity contribution in [3.05, 3.63) is 54.4 Å². The fraction of sp³-hybridized carbons (Fsp3) is 0.133. The lowest BCUT2D eigenvalue weighted by Crippen LogP contribution is -2.13. The van der Waals surface area contributed by atoms with E-state index in [2.05, 4.69) is 51.1 Å². The lowest BCUT2D eigenvalue weighted by molar-refractivity contribution is 0.792. The van der Waals surface area contributed by atoms with Crippen molar-refractivity contribution < 1.29 is 0 Å². The standard InChI is InChI=1S/C15H13N5S2/c1-21-12-4-2-11(3-5-12)14-19-20-13(17-18-15(20)22-14)10-6-8-16-9-7-10/h2-9,14,19H,1H3. The highest BCUT2D eigenvalue weighted by atomic mass is 32.2. The minimum Gasteiger partial charge on any atom is -0.304 e. The smallest absolute Gasteiger partial charge is 0.212 e. The van der Waals surface area contributed by atoms with E-state index in [0.29, 0.717) is 0 Å². The van der Waals surface area contributed by atoms with Crippen LogP contribution in [0.2, 0.25) is 0 Å². The van der Waals surface area contributed by atoms with E-state index in [9.17, 15) is 0 Å². The normalized spacial score (nSPS) is 16.3. The van der Waals surface area contributed by atoms with Gasteiger partial charge in [-0.15, -0.1) is 22.0 Å². The molecule has 7 heteroatoms. The van der Waals surface area contributed by atoms with E-state index in [-0.39, 0.29) is 5.37 Å². The first kappa shape index (κ1) is 13.7. The Balaban J connectivity index is 1.62. The van der Waals surface area contributed by atoms with Gasteiger partial charge in [0, 0.05) is 22.9 Å². The van der Waals surface area contributed by atoms with Crippen LogP contribution < -0.4 is 5.43 Å². The van der Waals surface area contributed by atoms with Crippen molar-refractivity contribution in [3.63, 3.8) is 0 Å². The van der Waals surface area contributed by atoms with E-state index >= 15 is 0 Å². The van der Waals surface area contributed by atoms with Crippen LogP contribution in [0, 0.1) is 0 Å². The van der Waals surface area contributed by atoms with Gasteiger partial charge in [-0.05, 0) is 36.1 Å². The molecule has 1 unspecified atom stereocenters. The molecule has 22 heavy (non-hydrogen) atoms. The zero-order valence-corrected chi connectivity index (χ0v) is 13.4. The number of nitrogens with zero attached hydrogens (tertiary/aromatic N) is 4. The van der Waals surface area contributed by atoms with Crippen LogP contribution in [0.5, 0.6) is 0 Å². The van der Waals surface area contributed by atoms with Gasteiger partial charge in [-0.1, -0.05) is 23.9 Å². The quantitative estimate of drug-likeness (QED) is 0.744. The highest BCUT2D eigenvalue weighted by Gasteiger charge is 2.27. The maximum Gasteiger partial charge on any atom is 0.212 e. The molecule has 2 aromatic heterocycles. The number of rotatable bonds is 3. The van der Waals surface area contributed by atoms with Crippen LogP contribution in [0.15, 0.2) is 58.8 Å². The Kier molecular flexibility index (Phi) is 3.51. The van der Waals surface area contributed by atoms with Crippen LogP contribution in [-0.4, -0.2) is 26.1 Å². The van der Waals surface area contributed by atoms with Gasteiger partial charge in [-0.2, -0.15) is 0 Å². The molecule has 0 fully saturated rings. The average molecular weight is 327 g/mol. The second-order valence-corrected chi connectivity index (χ2v) is 6.73. The molecule has 110 valence electrons. The molecule has 1 aliphatic heterocycles. The predicted molar refractivity (Wildman–Crippen MR) is 89.4 cm³/mol. The molecule has 1 N–H and O–H groups in total. The maximum absolute atomic E-state index is 4.27. The molecule has 5 nitrogen and oxygen atoms in total. The number of benzene rings is 1. The third-order valence-electron chi connectivity index (χ3n) is 3.46. The summed E-state index contributed by atoms with van der Waals surface area (Å²) in [5.74, 6) is 0.813. The number of thioether (sulfide) groups is 2. The first-order valence-corrected chi connectivity index (χ1v) is 8.88. The molecular formula is C15H13N5S2. The summed E-state index contributed by atoms with van der Waals surface area (Å²) in [6, 6.07) is 12.5. The van der Waals surface area contributed by atoms with Gasteiger partial charge < -0.3 is 5.43 Å². The number of pyridine rings is 1. The van der Waals surface area contributed by atoms with E-state index in [0.717, 1.165) is 16.5 Å². The van der Waals surface area contributed by atoms with Crippen LogP contribution in [0.4, 0.5) is 0 Å². The molecule has 0 spiro atoms. The van der Waals surface area contributed by atoms with Gasteiger partial charge >= 0.3 is 0 Å². The van der Waals surface area contributed by atoms with Gasteiger partial charge in [0.15, 0.2) is 5.82 Å². The van der Waals surface area contributed by atoms with Crippen LogP contribution in [-0.2, 0) is 0 Å². The molecule has 1 aromatic carbocycles. The van der Waals surface area contributed by atoms with Gasteiger partial charge in [0.25, 0.3) is 0 Å². The molecule has 1 aliphatic rings. The monoisotopic (exact) mass is 327 g/mol. The van der Waals surface area contributed by atoms with Crippen molar-refractivity contribution in [1.82, 2.24) is 19.9 Å². The van der Waals surface area contributed by atoms with Gasteiger partial charge in [-0.25, -0.2) is 4.68 Å². The van der Waals surface area contributed by atoms with Crippen molar-refractivity contribution in [2.75, 3.05) is 11.7 Å². The zero-order chi connectivity index (χ0) is 14.9. The lowest BCUT2D eigenvalue weighted by atomic mass is 10.2. The molecule has 3 aromatic rings. The van der Waals surface area contributed by atoms with Crippen molar-refractivity contribution in [1.29, 1.82) is 0 Å². The van der Waals surface area contributed by atoms with Crippen LogP contribution in [0.3, 0.4) is 0 Å². The third-order valence-corrected chi connectivity index (χ3v) is 5.29. The molecule has 0 amide bonds. The highest BCUT2D eigenvalue weighted by molar-refractivity contribution is 7.99. The van der Waals surface area contributed by atoms with Gasteiger partial charge in [0.05, 0.1) is 0 Å². The van der Waals surface area contributed by atoms with Gasteiger partial charge in [-0.3, -0.25) is 4.98 Å². The highest BCUT2D eigenvalue weighted by Crippen LogP contribution is 2.40. The first-order chi connectivity index (χ1) is 10.8. The molecule has 0 saturated heterocycles. The Bertz CT molecular complexity index is 785. The summed E-state index contributed by atoms with van der Waals surface area (Å²) in [5.41, 5.74) is 5.69. The molecule has 1 atom stereocenters. The summed E-state index contributed by atoms with van der Waals surface area (Å²) < 4.78 is 1.95. The van der Waals surface area contributed by atoms with E-state index in [4.69, 9.17) is 0 Å². The van der Waals surface area contributed by atoms with Crippen molar-refractivity contribution >= 4 is 23.5 Å². The summed E-state index contributed by atoms with van der Waals surface area (Å²) >= 11 is 3.42. The number of fused-ring (bicyclic) bond motifs is 1. The summed E-state index contributed by atoms with van der Waals surface area (Å²) in [6.45, 7) is 0. The van der Waals surface area contributed by atoms with Crippen molar-refractivity contribution in [2.24, 2.45) is 0 Å². The van der Waals surface area contributed by atoms with Crippen molar-refractivity contribution in [2.45, 2.75) is 15.4 Å². The van der Waals surface area contributed by atoms with Crippen LogP contribution >= 0.6 is 23.5 Å². The minimum atomic E-state index is 0.155. The molecule has 0 bridgehead atoms. The molecule has 0 saturated carbocycles. The van der Waals surface area contributed by atoms with E-state index in [1.807, 2.05) is 16.8 Å². The summed E-state index contributed by atoms with van der Waals surface area (Å²) in [7, 11) is 0. The topological polar surface area (TPSA) is 55.6 Å². The molecule has 4 rings (SSSR count). The Morgan fingerprint density at radius 2 is 1.86 bits per heavy atom. The van der Waals surface area contributed by atoms with Crippen LogP contribution in [0.25, 0.3) is 11.4 Å². The fourth-order valence-corrected chi connectivity index (χ4v) is 3.72. The number of nitrogens with one attached hydrogen (secondary N) is 1. The number of hydrogen-bond acceptors (Lipinski definition) is 6. The van der Waals surface area contributed by atoms with Crippen molar-refractivity contribution in [3.8, 4) is 11.4 Å². The van der Waals surface area contributed by atoms with E-state index in [1.165, 1.54) is 10.5 Å². The maximum atomic E-state index is 4.27. The number of hydrogen-bond donors (Lipinski definition) is 1.